The average Bonchev–Trinajstić information content (AvgIpc) is 2.70. The molecule has 148 valence electrons. The zero-order valence-electron chi connectivity index (χ0n) is 15.5. The molecule has 28 heavy (non-hydrogen) atoms. The fourth-order valence-electron chi connectivity index (χ4n) is 3.40. The van der Waals surface area contributed by atoms with Gasteiger partial charge in [-0.2, -0.15) is 8.78 Å². The molecule has 0 atom stereocenters. The Kier molecular flexibility index (Phi) is 6.74. The third-order valence-electron chi connectivity index (χ3n) is 4.86. The normalized spacial score (nSPS) is 13.1. The molecule has 1 aliphatic carbocycles. The number of fused-ring (bicyclic) bond motifs is 1. The van der Waals surface area contributed by atoms with Crippen molar-refractivity contribution in [3.8, 4) is 5.75 Å². The summed E-state index contributed by atoms with van der Waals surface area (Å²) in [6.07, 6.45) is 4.64. The van der Waals surface area contributed by atoms with Crippen molar-refractivity contribution in [3.05, 3.63) is 64.7 Å². The summed E-state index contributed by atoms with van der Waals surface area (Å²) in [7, 11) is 0. The molecule has 0 aromatic heterocycles. The van der Waals surface area contributed by atoms with Crippen LogP contribution in [0.3, 0.4) is 0 Å². The minimum absolute atomic E-state index is 0.0455. The number of benzene rings is 2. The highest BCUT2D eigenvalue weighted by atomic mass is 19.3. The van der Waals surface area contributed by atoms with E-state index in [0.717, 1.165) is 19.3 Å². The molecule has 2 aromatic rings. The Morgan fingerprint density at radius 1 is 1.00 bits per heavy atom. The van der Waals surface area contributed by atoms with Gasteiger partial charge >= 0.3 is 6.61 Å². The Hall–Kier alpha value is -2.76. The number of ether oxygens (including phenoxy) is 1. The van der Waals surface area contributed by atoms with Gasteiger partial charge in [0.15, 0.2) is 5.78 Å². The van der Waals surface area contributed by atoms with Crippen molar-refractivity contribution in [1.29, 1.82) is 0 Å². The molecule has 0 spiro atoms. The number of hydrogen-bond donors (Lipinski definition) is 1. The summed E-state index contributed by atoms with van der Waals surface area (Å²) in [4.78, 5) is 24.4. The molecule has 0 fully saturated rings. The molecule has 0 aliphatic heterocycles. The summed E-state index contributed by atoms with van der Waals surface area (Å²) in [5, 5.41) is 2.70. The van der Waals surface area contributed by atoms with E-state index in [0.29, 0.717) is 11.1 Å². The number of halogens is 2. The molecule has 2 aromatic carbocycles. The molecule has 1 aliphatic rings. The van der Waals surface area contributed by atoms with Gasteiger partial charge in [0.05, 0.1) is 0 Å². The van der Waals surface area contributed by atoms with Crippen LogP contribution < -0.4 is 10.1 Å². The maximum absolute atomic E-state index is 12.4. The molecule has 0 bridgehead atoms. The molecule has 1 amide bonds. The van der Waals surface area contributed by atoms with Crippen LogP contribution in [0.25, 0.3) is 0 Å². The zero-order chi connectivity index (χ0) is 19.9. The van der Waals surface area contributed by atoms with Crippen LogP contribution in [-0.4, -0.2) is 18.3 Å². The van der Waals surface area contributed by atoms with Gasteiger partial charge in [0.25, 0.3) is 0 Å². The summed E-state index contributed by atoms with van der Waals surface area (Å²) in [5.41, 5.74) is 3.86. The lowest BCUT2D eigenvalue weighted by Crippen LogP contribution is -2.23. The van der Waals surface area contributed by atoms with Gasteiger partial charge in [-0.05, 0) is 60.6 Å². The number of nitrogens with one attached hydrogen (secondary N) is 1. The van der Waals surface area contributed by atoms with Crippen molar-refractivity contribution in [2.24, 2.45) is 0 Å². The van der Waals surface area contributed by atoms with Gasteiger partial charge in [0.1, 0.15) is 5.75 Å². The lowest BCUT2D eigenvalue weighted by Gasteiger charge is -2.16. The first kappa shape index (κ1) is 20.0. The molecule has 0 saturated carbocycles. The highest BCUT2D eigenvalue weighted by Crippen LogP contribution is 2.23. The number of hydrogen-bond acceptors (Lipinski definition) is 3. The van der Waals surface area contributed by atoms with Crippen molar-refractivity contribution in [2.75, 3.05) is 0 Å². The molecule has 4 nitrogen and oxygen atoms in total. The Morgan fingerprint density at radius 3 is 2.57 bits per heavy atom. The molecule has 0 saturated heterocycles. The van der Waals surface area contributed by atoms with Crippen molar-refractivity contribution >= 4 is 11.7 Å². The number of Topliss-reactive ketones (excluding diaryl/α,β-unsaturated/α-hetero) is 1. The maximum Gasteiger partial charge on any atom is 0.387 e. The number of aryl methyl sites for hydroxylation is 2. The number of ketones is 1. The van der Waals surface area contributed by atoms with Gasteiger partial charge in [0.2, 0.25) is 5.91 Å². The molecule has 1 N–H and O–H groups in total. The lowest BCUT2D eigenvalue weighted by atomic mass is 9.89. The first-order valence-electron chi connectivity index (χ1n) is 9.47. The van der Waals surface area contributed by atoms with E-state index < -0.39 is 6.61 Å². The molecule has 0 radical (unpaired) electrons. The van der Waals surface area contributed by atoms with Crippen molar-refractivity contribution in [1.82, 2.24) is 5.32 Å². The van der Waals surface area contributed by atoms with E-state index in [9.17, 15) is 18.4 Å². The molecule has 0 unspecified atom stereocenters. The number of carbonyl (C=O) groups excluding carboxylic acids is 2. The summed E-state index contributed by atoms with van der Waals surface area (Å²) < 4.78 is 28.8. The molecule has 6 heteroatoms. The van der Waals surface area contributed by atoms with Crippen LogP contribution in [0.15, 0.2) is 42.5 Å². The predicted molar refractivity (Wildman–Crippen MR) is 102 cm³/mol. The monoisotopic (exact) mass is 387 g/mol. The van der Waals surface area contributed by atoms with Crippen LogP contribution in [0.5, 0.6) is 5.75 Å². The highest BCUT2D eigenvalue weighted by Gasteiger charge is 2.14. The van der Waals surface area contributed by atoms with E-state index in [4.69, 9.17) is 0 Å². The largest absolute Gasteiger partial charge is 0.435 e. The van der Waals surface area contributed by atoms with Crippen LogP contribution in [0, 0.1) is 0 Å². The summed E-state index contributed by atoms with van der Waals surface area (Å²) >= 11 is 0. The smallest absolute Gasteiger partial charge is 0.387 e. The highest BCUT2D eigenvalue weighted by molar-refractivity contribution is 5.98. The van der Waals surface area contributed by atoms with Crippen LogP contribution in [0.4, 0.5) is 8.78 Å². The fourth-order valence-corrected chi connectivity index (χ4v) is 3.40. The van der Waals surface area contributed by atoms with E-state index in [-0.39, 0.29) is 36.8 Å². The van der Waals surface area contributed by atoms with Gasteiger partial charge in [-0.1, -0.05) is 24.3 Å². The SMILES string of the molecule is O=C(CCC(=O)c1ccc2c(c1)CCCC2)NCc1cccc(OC(F)F)c1. The predicted octanol–water partition coefficient (Wildman–Crippen LogP) is 4.45. The summed E-state index contributed by atoms with van der Waals surface area (Å²) in [5.74, 6) is -0.258. The summed E-state index contributed by atoms with van der Waals surface area (Å²) in [6.45, 7) is -2.70. The quantitative estimate of drug-likeness (QED) is 0.681. The van der Waals surface area contributed by atoms with E-state index in [1.54, 1.807) is 12.1 Å². The van der Waals surface area contributed by atoms with E-state index in [1.807, 2.05) is 18.2 Å². The summed E-state index contributed by atoms with van der Waals surface area (Å²) in [6, 6.07) is 12.0. The molecule has 0 heterocycles. The first-order chi connectivity index (χ1) is 13.5. The second kappa shape index (κ2) is 9.44. The fraction of sp³-hybridized carbons (Fsp3) is 0.364. The Morgan fingerprint density at radius 2 is 1.79 bits per heavy atom. The third kappa shape index (κ3) is 5.62. The molecular weight excluding hydrogens is 364 g/mol. The Bertz CT molecular complexity index is 851. The van der Waals surface area contributed by atoms with Gasteiger partial charge in [-0.25, -0.2) is 0 Å². The zero-order valence-corrected chi connectivity index (χ0v) is 15.5. The van der Waals surface area contributed by atoms with Crippen LogP contribution >= 0.6 is 0 Å². The first-order valence-corrected chi connectivity index (χ1v) is 9.47. The van der Waals surface area contributed by atoms with Crippen LogP contribution in [0.1, 0.15) is 52.7 Å². The number of rotatable bonds is 8. The van der Waals surface area contributed by atoms with Crippen LogP contribution in [0.2, 0.25) is 0 Å². The third-order valence-corrected chi connectivity index (χ3v) is 4.86. The topological polar surface area (TPSA) is 55.4 Å². The maximum atomic E-state index is 12.4. The van der Waals surface area contributed by atoms with Gasteiger partial charge in [0, 0.05) is 24.9 Å². The number of alkyl halides is 2. The van der Waals surface area contributed by atoms with E-state index in [2.05, 4.69) is 10.1 Å². The van der Waals surface area contributed by atoms with Gasteiger partial charge in [-0.15, -0.1) is 0 Å². The van der Waals surface area contributed by atoms with E-state index >= 15 is 0 Å². The lowest BCUT2D eigenvalue weighted by molar-refractivity contribution is -0.121. The Labute approximate surface area is 162 Å². The van der Waals surface area contributed by atoms with Crippen LogP contribution in [-0.2, 0) is 24.2 Å². The second-order valence-corrected chi connectivity index (χ2v) is 6.92. The molecular formula is C22H23F2NO3. The Balaban J connectivity index is 1.47. The van der Waals surface area contributed by atoms with Crippen molar-refractivity contribution in [2.45, 2.75) is 51.7 Å². The minimum atomic E-state index is -2.89. The van der Waals surface area contributed by atoms with Crippen molar-refractivity contribution < 1.29 is 23.1 Å². The van der Waals surface area contributed by atoms with Gasteiger partial charge < -0.3 is 10.1 Å². The number of carbonyl (C=O) groups is 2. The molecule has 3 rings (SSSR count). The van der Waals surface area contributed by atoms with Gasteiger partial charge in [-0.3, -0.25) is 9.59 Å². The standard InChI is InChI=1S/C22H23F2NO3/c23-22(24)28-19-7-3-4-15(12-19)14-25-21(27)11-10-20(26)18-9-8-16-5-1-2-6-17(16)13-18/h3-4,7-9,12-13,22H,1-2,5-6,10-11,14H2,(H,25,27). The van der Waals surface area contributed by atoms with Crippen molar-refractivity contribution in [3.63, 3.8) is 0 Å². The second-order valence-electron chi connectivity index (χ2n) is 6.92. The number of amides is 1. The average molecular weight is 387 g/mol. The van der Waals surface area contributed by atoms with E-state index in [1.165, 1.54) is 29.7 Å². The minimum Gasteiger partial charge on any atom is -0.435 e.